The predicted molar refractivity (Wildman–Crippen MR) is 77.0 cm³/mol. The summed E-state index contributed by atoms with van der Waals surface area (Å²) in [6.45, 7) is 7.38. The minimum Gasteiger partial charge on any atom is -0.508 e. The number of hydrogen-bond acceptors (Lipinski definition) is 3. The second-order valence-corrected chi connectivity index (χ2v) is 4.86. The number of carbonyl (C=O) groups excluding carboxylic acids is 1. The summed E-state index contributed by atoms with van der Waals surface area (Å²) in [4.78, 5) is 15.7. The van der Waals surface area contributed by atoms with E-state index in [1.807, 2.05) is 32.7 Å². The quantitative estimate of drug-likeness (QED) is 0.871. The Morgan fingerprint density at radius 2 is 1.95 bits per heavy atom. The third-order valence-corrected chi connectivity index (χ3v) is 3.60. The normalized spacial score (nSPS) is 12.5. The summed E-state index contributed by atoms with van der Waals surface area (Å²) in [7, 11) is 1.81. The molecule has 1 atom stereocenters. The Morgan fingerprint density at radius 3 is 2.45 bits per heavy atom. The van der Waals surface area contributed by atoms with E-state index in [1.54, 1.807) is 11.0 Å². The molecule has 1 rings (SSSR count). The number of phenols is 1. The van der Waals surface area contributed by atoms with Crippen LogP contribution in [-0.4, -0.2) is 47.5 Å². The third-order valence-electron chi connectivity index (χ3n) is 3.60. The van der Waals surface area contributed by atoms with E-state index in [1.165, 1.54) is 6.07 Å². The molecule has 1 aromatic rings. The van der Waals surface area contributed by atoms with Crippen LogP contribution in [0.5, 0.6) is 5.75 Å². The van der Waals surface area contributed by atoms with Crippen LogP contribution >= 0.6 is 0 Å². The van der Waals surface area contributed by atoms with E-state index in [4.69, 9.17) is 0 Å². The van der Waals surface area contributed by atoms with Crippen molar-refractivity contribution in [1.82, 2.24) is 9.80 Å². The van der Waals surface area contributed by atoms with Crippen LogP contribution in [0.3, 0.4) is 0 Å². The van der Waals surface area contributed by atoms with E-state index in [2.05, 4.69) is 0 Å². The first kappa shape index (κ1) is 16.4. The van der Waals surface area contributed by atoms with E-state index in [9.17, 15) is 14.3 Å². The number of amides is 1. The number of aromatic hydroxyl groups is 1. The van der Waals surface area contributed by atoms with Gasteiger partial charge in [0.2, 0.25) is 5.91 Å². The van der Waals surface area contributed by atoms with Gasteiger partial charge in [0, 0.05) is 30.8 Å². The molecule has 1 N–H and O–H groups in total. The minimum absolute atomic E-state index is 0.0472. The van der Waals surface area contributed by atoms with Crippen LogP contribution < -0.4 is 0 Å². The summed E-state index contributed by atoms with van der Waals surface area (Å²) in [5.74, 6) is -0.508. The number of benzene rings is 1. The van der Waals surface area contributed by atoms with Crippen molar-refractivity contribution in [3.05, 3.63) is 29.6 Å². The van der Waals surface area contributed by atoms with Gasteiger partial charge in [0.1, 0.15) is 11.6 Å². The number of nitrogens with zero attached hydrogens (tertiary/aromatic N) is 2. The SMILES string of the molecule is CCN(CC)C(=O)CN(C)C(C)c1ccc(F)cc1O. The molecule has 0 bridgehead atoms. The topological polar surface area (TPSA) is 43.8 Å². The van der Waals surface area contributed by atoms with Crippen molar-refractivity contribution in [1.29, 1.82) is 0 Å². The number of carbonyl (C=O) groups is 1. The van der Waals surface area contributed by atoms with Gasteiger partial charge >= 0.3 is 0 Å². The lowest BCUT2D eigenvalue weighted by atomic mass is 10.1. The number of likely N-dealkylation sites (N-methyl/N-ethyl adjacent to an activating group) is 2. The highest BCUT2D eigenvalue weighted by Crippen LogP contribution is 2.28. The van der Waals surface area contributed by atoms with Crippen molar-refractivity contribution in [2.24, 2.45) is 0 Å². The first-order chi connectivity index (χ1) is 9.40. The maximum absolute atomic E-state index is 13.0. The molecule has 20 heavy (non-hydrogen) atoms. The van der Waals surface area contributed by atoms with Crippen LogP contribution in [0.4, 0.5) is 4.39 Å². The molecular weight excluding hydrogens is 259 g/mol. The molecule has 0 radical (unpaired) electrons. The highest BCUT2D eigenvalue weighted by molar-refractivity contribution is 5.78. The molecule has 0 spiro atoms. The molecule has 1 aromatic carbocycles. The molecule has 1 unspecified atom stereocenters. The van der Waals surface area contributed by atoms with Crippen molar-refractivity contribution < 1.29 is 14.3 Å². The van der Waals surface area contributed by atoms with Gasteiger partial charge in [-0.05, 0) is 33.9 Å². The number of hydrogen-bond donors (Lipinski definition) is 1. The number of rotatable bonds is 6. The van der Waals surface area contributed by atoms with E-state index in [0.717, 1.165) is 6.07 Å². The fourth-order valence-electron chi connectivity index (χ4n) is 2.13. The predicted octanol–water partition coefficient (Wildman–Crippen LogP) is 2.39. The average Bonchev–Trinajstić information content (AvgIpc) is 2.39. The van der Waals surface area contributed by atoms with Crippen molar-refractivity contribution in [2.75, 3.05) is 26.7 Å². The maximum atomic E-state index is 13.0. The Bertz CT molecular complexity index is 461. The van der Waals surface area contributed by atoms with Crippen LogP contribution in [-0.2, 0) is 4.79 Å². The summed E-state index contributed by atoms with van der Waals surface area (Å²) in [5, 5.41) is 9.78. The molecule has 0 aromatic heterocycles. The van der Waals surface area contributed by atoms with E-state index in [0.29, 0.717) is 18.7 Å². The van der Waals surface area contributed by atoms with Gasteiger partial charge in [0.05, 0.1) is 6.54 Å². The number of halogens is 1. The van der Waals surface area contributed by atoms with Gasteiger partial charge in [-0.1, -0.05) is 6.07 Å². The molecule has 1 amide bonds. The van der Waals surface area contributed by atoms with Crippen LogP contribution in [0.15, 0.2) is 18.2 Å². The second-order valence-electron chi connectivity index (χ2n) is 4.86. The van der Waals surface area contributed by atoms with Crippen LogP contribution in [0.2, 0.25) is 0 Å². The van der Waals surface area contributed by atoms with Gasteiger partial charge < -0.3 is 10.0 Å². The van der Waals surface area contributed by atoms with Gasteiger partial charge in [0.15, 0.2) is 0 Å². The highest BCUT2D eigenvalue weighted by Gasteiger charge is 2.19. The van der Waals surface area contributed by atoms with E-state index in [-0.39, 0.29) is 24.2 Å². The standard InChI is InChI=1S/C15H23FN2O2/c1-5-18(6-2)15(20)10-17(4)11(3)13-8-7-12(16)9-14(13)19/h7-9,11,19H,5-6,10H2,1-4H3. The Morgan fingerprint density at radius 1 is 1.35 bits per heavy atom. The van der Waals surface area contributed by atoms with Crippen molar-refractivity contribution in [2.45, 2.75) is 26.8 Å². The smallest absolute Gasteiger partial charge is 0.236 e. The molecule has 0 heterocycles. The maximum Gasteiger partial charge on any atom is 0.236 e. The van der Waals surface area contributed by atoms with Crippen molar-refractivity contribution in [3.63, 3.8) is 0 Å². The lowest BCUT2D eigenvalue weighted by molar-refractivity contribution is -0.132. The zero-order chi connectivity index (χ0) is 15.3. The minimum atomic E-state index is -0.472. The van der Waals surface area contributed by atoms with E-state index >= 15 is 0 Å². The zero-order valence-electron chi connectivity index (χ0n) is 12.6. The first-order valence-corrected chi connectivity index (χ1v) is 6.87. The molecule has 0 fully saturated rings. The lowest BCUT2D eigenvalue weighted by Gasteiger charge is -2.28. The zero-order valence-corrected chi connectivity index (χ0v) is 12.6. The molecule has 5 heteroatoms. The Labute approximate surface area is 119 Å². The summed E-state index contributed by atoms with van der Waals surface area (Å²) in [6.07, 6.45) is 0. The Balaban J connectivity index is 2.76. The fourth-order valence-corrected chi connectivity index (χ4v) is 2.13. The average molecular weight is 282 g/mol. The summed E-state index contributed by atoms with van der Waals surface area (Å²) in [6, 6.07) is 3.78. The molecule has 0 saturated carbocycles. The van der Waals surface area contributed by atoms with Gasteiger partial charge in [-0.3, -0.25) is 9.69 Å². The Kier molecular flexibility index (Phi) is 5.95. The van der Waals surface area contributed by atoms with E-state index < -0.39 is 5.82 Å². The molecule has 0 aliphatic rings. The van der Waals surface area contributed by atoms with Gasteiger partial charge in [-0.15, -0.1) is 0 Å². The van der Waals surface area contributed by atoms with Gasteiger partial charge in [-0.25, -0.2) is 4.39 Å². The largest absolute Gasteiger partial charge is 0.508 e. The summed E-state index contributed by atoms with van der Waals surface area (Å²) < 4.78 is 13.0. The molecular formula is C15H23FN2O2. The molecule has 0 aliphatic carbocycles. The van der Waals surface area contributed by atoms with Gasteiger partial charge in [-0.2, -0.15) is 0 Å². The first-order valence-electron chi connectivity index (χ1n) is 6.87. The second kappa shape index (κ2) is 7.24. The monoisotopic (exact) mass is 282 g/mol. The fraction of sp³-hybridized carbons (Fsp3) is 0.533. The summed E-state index contributed by atoms with van der Waals surface area (Å²) >= 11 is 0. The summed E-state index contributed by atoms with van der Waals surface area (Å²) in [5.41, 5.74) is 0.612. The number of phenolic OH excluding ortho intramolecular Hbond substituents is 1. The molecule has 0 aliphatic heterocycles. The van der Waals surface area contributed by atoms with Crippen molar-refractivity contribution in [3.8, 4) is 5.75 Å². The van der Waals surface area contributed by atoms with Gasteiger partial charge in [0.25, 0.3) is 0 Å². The van der Waals surface area contributed by atoms with Crippen molar-refractivity contribution >= 4 is 5.91 Å². The third kappa shape index (κ3) is 3.93. The Hall–Kier alpha value is -1.62. The lowest BCUT2D eigenvalue weighted by Crippen LogP contribution is -2.39. The molecule has 112 valence electrons. The molecule has 0 saturated heterocycles. The molecule has 4 nitrogen and oxygen atoms in total. The van der Waals surface area contributed by atoms with Crippen LogP contribution in [0.1, 0.15) is 32.4 Å². The van der Waals surface area contributed by atoms with Crippen LogP contribution in [0, 0.1) is 5.82 Å². The van der Waals surface area contributed by atoms with Crippen LogP contribution in [0.25, 0.3) is 0 Å². The highest BCUT2D eigenvalue weighted by atomic mass is 19.1.